The summed E-state index contributed by atoms with van der Waals surface area (Å²) in [6, 6.07) is 11.1. The Hall–Kier alpha value is -2.73. The lowest BCUT2D eigenvalue weighted by molar-refractivity contribution is 0.0485. The normalized spacial score (nSPS) is 16.0. The van der Waals surface area contributed by atoms with Crippen LogP contribution in [0.15, 0.2) is 42.6 Å². The van der Waals surface area contributed by atoms with Crippen LogP contribution in [0.5, 0.6) is 0 Å². The largest absolute Gasteiger partial charge is 0.477 e. The minimum atomic E-state index is -1.11. The van der Waals surface area contributed by atoms with Crippen molar-refractivity contribution in [1.82, 2.24) is 10.3 Å². The van der Waals surface area contributed by atoms with Gasteiger partial charge in [-0.05, 0) is 43.0 Å². The molecule has 3 rings (SSSR count). The first-order valence-electron chi connectivity index (χ1n) is 8.63. The van der Waals surface area contributed by atoms with Gasteiger partial charge in [0.2, 0.25) is 0 Å². The van der Waals surface area contributed by atoms with Gasteiger partial charge in [0, 0.05) is 31.4 Å². The topological polar surface area (TPSA) is 88.5 Å². The number of aromatic carboxylic acids is 1. The van der Waals surface area contributed by atoms with Crippen molar-refractivity contribution in [2.75, 3.05) is 19.8 Å². The van der Waals surface area contributed by atoms with Crippen molar-refractivity contribution in [2.45, 2.75) is 25.2 Å². The number of carbonyl (C=O) groups excluding carboxylic acids is 1. The third-order valence-electron chi connectivity index (χ3n) is 5.00. The van der Waals surface area contributed by atoms with Crippen LogP contribution < -0.4 is 5.32 Å². The summed E-state index contributed by atoms with van der Waals surface area (Å²) in [7, 11) is 0. The summed E-state index contributed by atoms with van der Waals surface area (Å²) in [5.41, 5.74) is 2.55. The smallest absolute Gasteiger partial charge is 0.354 e. The van der Waals surface area contributed by atoms with Crippen LogP contribution in [0.3, 0.4) is 0 Å². The fraction of sp³-hybridized carbons (Fsp3) is 0.350. The van der Waals surface area contributed by atoms with E-state index < -0.39 is 5.97 Å². The molecule has 2 heterocycles. The number of carboxylic acids is 1. The SMILES string of the molecule is Cc1ccccc1C1(CNC(=O)c2ccc(C(=O)O)nc2)CCOCC1. The Kier molecular flexibility index (Phi) is 5.32. The molecule has 6 nitrogen and oxygen atoms in total. The molecule has 2 aromatic rings. The van der Waals surface area contributed by atoms with Crippen molar-refractivity contribution >= 4 is 11.9 Å². The lowest BCUT2D eigenvalue weighted by Crippen LogP contribution is -2.45. The Labute approximate surface area is 152 Å². The molecule has 1 aliphatic rings. The van der Waals surface area contributed by atoms with Crippen molar-refractivity contribution in [3.8, 4) is 0 Å². The lowest BCUT2D eigenvalue weighted by Gasteiger charge is -2.39. The summed E-state index contributed by atoms with van der Waals surface area (Å²) < 4.78 is 5.53. The quantitative estimate of drug-likeness (QED) is 0.861. The van der Waals surface area contributed by atoms with Crippen molar-refractivity contribution in [3.05, 3.63) is 65.0 Å². The number of ether oxygens (including phenoxy) is 1. The van der Waals surface area contributed by atoms with Gasteiger partial charge in [0.1, 0.15) is 5.69 Å². The number of hydrogen-bond donors (Lipinski definition) is 2. The lowest BCUT2D eigenvalue weighted by atomic mass is 9.72. The van der Waals surface area contributed by atoms with Gasteiger partial charge < -0.3 is 15.2 Å². The molecular formula is C20H22N2O4. The second-order valence-electron chi connectivity index (χ2n) is 6.63. The standard InChI is InChI=1S/C20H22N2O4/c1-14-4-2-3-5-16(14)20(8-10-26-11-9-20)13-22-18(23)15-6-7-17(19(24)25)21-12-15/h2-7,12H,8-11,13H2,1H3,(H,22,23)(H,24,25). The van der Waals surface area contributed by atoms with E-state index in [1.807, 2.05) is 12.1 Å². The van der Waals surface area contributed by atoms with Crippen LogP contribution in [0.4, 0.5) is 0 Å². The zero-order valence-corrected chi connectivity index (χ0v) is 14.7. The van der Waals surface area contributed by atoms with E-state index >= 15 is 0 Å². The fourth-order valence-corrected chi connectivity index (χ4v) is 3.48. The number of rotatable bonds is 5. The van der Waals surface area contributed by atoms with Crippen LogP contribution in [0.1, 0.15) is 44.8 Å². The van der Waals surface area contributed by atoms with Crippen molar-refractivity contribution in [2.24, 2.45) is 0 Å². The molecule has 1 saturated heterocycles. The number of nitrogens with one attached hydrogen (secondary N) is 1. The Balaban J connectivity index is 1.77. The second-order valence-corrected chi connectivity index (χ2v) is 6.63. The Morgan fingerprint density at radius 3 is 2.54 bits per heavy atom. The number of aryl methyl sites for hydroxylation is 1. The Morgan fingerprint density at radius 1 is 1.19 bits per heavy atom. The third kappa shape index (κ3) is 3.75. The maximum atomic E-state index is 12.5. The summed E-state index contributed by atoms with van der Waals surface area (Å²) in [5, 5.41) is 11.9. The van der Waals surface area contributed by atoms with Crippen molar-refractivity contribution in [3.63, 3.8) is 0 Å². The first-order chi connectivity index (χ1) is 12.5. The van der Waals surface area contributed by atoms with Crippen LogP contribution >= 0.6 is 0 Å². The van der Waals surface area contributed by atoms with Crippen molar-refractivity contribution in [1.29, 1.82) is 0 Å². The van der Waals surface area contributed by atoms with Crippen LogP contribution in [0.2, 0.25) is 0 Å². The first-order valence-corrected chi connectivity index (χ1v) is 8.63. The molecule has 0 aliphatic carbocycles. The minimum Gasteiger partial charge on any atom is -0.477 e. The molecule has 6 heteroatoms. The van der Waals surface area contributed by atoms with Crippen LogP contribution in [0, 0.1) is 6.92 Å². The minimum absolute atomic E-state index is 0.0811. The number of carboxylic acid groups (broad SMARTS) is 1. The molecule has 0 radical (unpaired) electrons. The molecule has 26 heavy (non-hydrogen) atoms. The van der Waals surface area contributed by atoms with E-state index in [1.165, 1.54) is 29.5 Å². The monoisotopic (exact) mass is 354 g/mol. The van der Waals surface area contributed by atoms with Gasteiger partial charge in [0.25, 0.3) is 5.91 Å². The van der Waals surface area contributed by atoms with E-state index in [0.717, 1.165) is 12.8 Å². The molecule has 1 aliphatic heterocycles. The third-order valence-corrected chi connectivity index (χ3v) is 5.00. The Morgan fingerprint density at radius 2 is 1.92 bits per heavy atom. The van der Waals surface area contributed by atoms with Gasteiger partial charge in [-0.25, -0.2) is 9.78 Å². The molecule has 136 valence electrons. The van der Waals surface area contributed by atoms with Crippen molar-refractivity contribution < 1.29 is 19.4 Å². The van der Waals surface area contributed by atoms with Gasteiger partial charge in [-0.3, -0.25) is 4.79 Å². The molecule has 0 saturated carbocycles. The summed E-state index contributed by atoms with van der Waals surface area (Å²) in [4.78, 5) is 27.2. The fourth-order valence-electron chi connectivity index (χ4n) is 3.48. The Bertz CT molecular complexity index is 796. The molecule has 0 unspecified atom stereocenters. The average molecular weight is 354 g/mol. The van der Waals surface area contributed by atoms with Crippen LogP contribution in [-0.2, 0) is 10.2 Å². The number of hydrogen-bond acceptors (Lipinski definition) is 4. The van der Waals surface area contributed by atoms with Gasteiger partial charge in [0.15, 0.2) is 0 Å². The molecule has 1 fully saturated rings. The van der Waals surface area contributed by atoms with Gasteiger partial charge in [0.05, 0.1) is 5.56 Å². The van der Waals surface area contributed by atoms with Gasteiger partial charge in [-0.1, -0.05) is 24.3 Å². The summed E-state index contributed by atoms with van der Waals surface area (Å²) in [6.07, 6.45) is 2.98. The number of aromatic nitrogens is 1. The highest BCUT2D eigenvalue weighted by Crippen LogP contribution is 2.36. The highest BCUT2D eigenvalue weighted by atomic mass is 16.5. The van der Waals surface area contributed by atoms with Gasteiger partial charge in [-0.2, -0.15) is 0 Å². The zero-order valence-electron chi connectivity index (χ0n) is 14.7. The van der Waals surface area contributed by atoms with E-state index in [9.17, 15) is 9.59 Å². The molecule has 0 spiro atoms. The van der Waals surface area contributed by atoms with E-state index in [2.05, 4.69) is 29.4 Å². The number of pyridine rings is 1. The summed E-state index contributed by atoms with van der Waals surface area (Å²) in [6.45, 7) is 3.92. The van der Waals surface area contributed by atoms with Crippen LogP contribution in [0.25, 0.3) is 0 Å². The highest BCUT2D eigenvalue weighted by Gasteiger charge is 2.35. The van der Waals surface area contributed by atoms with E-state index in [4.69, 9.17) is 9.84 Å². The van der Waals surface area contributed by atoms with E-state index in [0.29, 0.717) is 25.3 Å². The summed E-state index contributed by atoms with van der Waals surface area (Å²) in [5.74, 6) is -1.37. The predicted molar refractivity (Wildman–Crippen MR) is 96.4 cm³/mol. The van der Waals surface area contributed by atoms with Gasteiger partial charge >= 0.3 is 5.97 Å². The molecule has 2 N–H and O–H groups in total. The maximum Gasteiger partial charge on any atom is 0.354 e. The first kappa shape index (κ1) is 18.1. The molecule has 0 atom stereocenters. The molecule has 1 amide bonds. The molecule has 1 aromatic carbocycles. The number of nitrogens with zero attached hydrogens (tertiary/aromatic N) is 1. The number of carbonyl (C=O) groups is 2. The highest BCUT2D eigenvalue weighted by molar-refractivity contribution is 5.94. The van der Waals surface area contributed by atoms with E-state index in [1.54, 1.807) is 0 Å². The van der Waals surface area contributed by atoms with E-state index in [-0.39, 0.29) is 17.0 Å². The van der Waals surface area contributed by atoms with Gasteiger partial charge in [-0.15, -0.1) is 0 Å². The molecule has 1 aromatic heterocycles. The summed E-state index contributed by atoms with van der Waals surface area (Å²) >= 11 is 0. The predicted octanol–water partition coefficient (Wildman–Crippen LogP) is 2.57. The molecular weight excluding hydrogens is 332 g/mol. The molecule has 0 bridgehead atoms. The maximum absolute atomic E-state index is 12.5. The average Bonchev–Trinajstić information content (AvgIpc) is 2.67. The number of benzene rings is 1. The second kappa shape index (κ2) is 7.66. The van der Waals surface area contributed by atoms with Crippen LogP contribution in [-0.4, -0.2) is 41.7 Å². The number of amides is 1. The zero-order chi connectivity index (χ0) is 18.6.